The lowest BCUT2D eigenvalue weighted by Gasteiger charge is -2.04. The molecule has 2 aromatic rings. The molecule has 6 heteroatoms. The number of carboxylic acid groups (broad SMARTS) is 1. The smallest absolute Gasteiger partial charge is 0.341 e. The van der Waals surface area contributed by atoms with Crippen LogP contribution in [0, 0.1) is 11.6 Å². The molecule has 0 bridgehead atoms. The Hall–Kier alpha value is -2.24. The molecular formula is C10H5F2NO3. The van der Waals surface area contributed by atoms with Gasteiger partial charge < -0.3 is 10.2 Å². The van der Waals surface area contributed by atoms with Crippen molar-refractivity contribution in [3.05, 3.63) is 35.5 Å². The average Bonchev–Trinajstić information content (AvgIpc) is 2.19. The van der Waals surface area contributed by atoms with Gasteiger partial charge in [0.1, 0.15) is 22.6 Å². The molecule has 1 aromatic heterocycles. The topological polar surface area (TPSA) is 70.4 Å². The number of fused-ring (bicyclic) bond motifs is 1. The van der Waals surface area contributed by atoms with Crippen molar-refractivity contribution in [1.29, 1.82) is 0 Å². The van der Waals surface area contributed by atoms with Crippen LogP contribution in [0.1, 0.15) is 10.4 Å². The van der Waals surface area contributed by atoms with Crippen molar-refractivity contribution in [3.63, 3.8) is 0 Å². The van der Waals surface area contributed by atoms with Gasteiger partial charge in [0.05, 0.1) is 0 Å². The van der Waals surface area contributed by atoms with Crippen molar-refractivity contribution in [2.45, 2.75) is 0 Å². The van der Waals surface area contributed by atoms with E-state index in [0.29, 0.717) is 6.07 Å². The van der Waals surface area contributed by atoms with E-state index >= 15 is 0 Å². The van der Waals surface area contributed by atoms with Gasteiger partial charge in [-0.25, -0.2) is 13.6 Å². The molecular weight excluding hydrogens is 220 g/mol. The molecule has 82 valence electrons. The zero-order valence-corrected chi connectivity index (χ0v) is 7.74. The number of nitrogens with zero attached hydrogens (tertiary/aromatic N) is 1. The molecule has 0 atom stereocenters. The quantitative estimate of drug-likeness (QED) is 0.777. The van der Waals surface area contributed by atoms with Crippen molar-refractivity contribution >= 4 is 16.9 Å². The number of aromatic nitrogens is 1. The van der Waals surface area contributed by atoms with Crippen LogP contribution >= 0.6 is 0 Å². The molecule has 2 N–H and O–H groups in total. The fraction of sp³-hybridized carbons (Fsp3) is 0. The third-order valence-electron chi connectivity index (χ3n) is 2.09. The number of benzene rings is 1. The van der Waals surface area contributed by atoms with Gasteiger partial charge in [-0.1, -0.05) is 0 Å². The van der Waals surface area contributed by atoms with Gasteiger partial charge in [0.25, 0.3) is 0 Å². The summed E-state index contributed by atoms with van der Waals surface area (Å²) in [7, 11) is 0. The molecule has 0 fully saturated rings. The highest BCUT2D eigenvalue weighted by Gasteiger charge is 2.16. The molecule has 1 heterocycles. The number of carbonyl (C=O) groups is 1. The molecule has 2 rings (SSSR count). The summed E-state index contributed by atoms with van der Waals surface area (Å²) in [5.41, 5.74) is -0.776. The van der Waals surface area contributed by atoms with Gasteiger partial charge in [0.2, 0.25) is 0 Å². The zero-order chi connectivity index (χ0) is 11.9. The van der Waals surface area contributed by atoms with Crippen molar-refractivity contribution in [3.8, 4) is 5.75 Å². The van der Waals surface area contributed by atoms with Crippen molar-refractivity contribution in [2.75, 3.05) is 0 Å². The number of aromatic hydroxyl groups is 1. The summed E-state index contributed by atoms with van der Waals surface area (Å²) in [6, 6.07) is 1.43. The van der Waals surface area contributed by atoms with Gasteiger partial charge in [-0.2, -0.15) is 0 Å². The maximum absolute atomic E-state index is 13.2. The summed E-state index contributed by atoms with van der Waals surface area (Å²) in [6.07, 6.45) is 0.820. The number of halogens is 2. The van der Waals surface area contributed by atoms with E-state index in [9.17, 15) is 18.7 Å². The first-order valence-electron chi connectivity index (χ1n) is 4.20. The number of pyridine rings is 1. The van der Waals surface area contributed by atoms with Crippen LogP contribution < -0.4 is 0 Å². The van der Waals surface area contributed by atoms with Crippen LogP contribution in [0.3, 0.4) is 0 Å². The summed E-state index contributed by atoms with van der Waals surface area (Å²) in [5, 5.41) is 17.9. The van der Waals surface area contributed by atoms with Crippen LogP contribution in [-0.2, 0) is 0 Å². The fourth-order valence-electron chi connectivity index (χ4n) is 1.37. The summed E-state index contributed by atoms with van der Waals surface area (Å²) in [6.45, 7) is 0. The molecule has 0 saturated carbocycles. The Labute approximate surface area is 87.8 Å². The Bertz CT molecular complexity index is 598. The van der Waals surface area contributed by atoms with Gasteiger partial charge in [0.15, 0.2) is 5.82 Å². The van der Waals surface area contributed by atoms with Crippen molar-refractivity contribution < 1.29 is 23.8 Å². The van der Waals surface area contributed by atoms with E-state index in [0.717, 1.165) is 12.3 Å². The SMILES string of the molecule is O=C(O)c1cnc2c(F)cc(F)cc2c1O. The molecule has 0 aliphatic rings. The highest BCUT2D eigenvalue weighted by atomic mass is 19.1. The number of hydrogen-bond donors (Lipinski definition) is 2. The Morgan fingerprint density at radius 3 is 2.62 bits per heavy atom. The summed E-state index contributed by atoms with van der Waals surface area (Å²) in [5.74, 6) is -3.99. The molecule has 0 spiro atoms. The number of carboxylic acids is 1. The second-order valence-electron chi connectivity index (χ2n) is 3.11. The van der Waals surface area contributed by atoms with Gasteiger partial charge in [-0.05, 0) is 6.07 Å². The highest BCUT2D eigenvalue weighted by molar-refractivity contribution is 5.98. The Kier molecular flexibility index (Phi) is 2.19. The van der Waals surface area contributed by atoms with Crippen molar-refractivity contribution in [1.82, 2.24) is 4.98 Å². The fourth-order valence-corrected chi connectivity index (χ4v) is 1.37. The van der Waals surface area contributed by atoms with Crippen molar-refractivity contribution in [2.24, 2.45) is 0 Å². The van der Waals surface area contributed by atoms with Crippen LogP contribution in [0.2, 0.25) is 0 Å². The molecule has 0 aliphatic carbocycles. The first-order chi connectivity index (χ1) is 7.50. The predicted molar refractivity (Wildman–Crippen MR) is 50.3 cm³/mol. The Balaban J connectivity index is 2.89. The summed E-state index contributed by atoms with van der Waals surface area (Å²) < 4.78 is 26.1. The monoisotopic (exact) mass is 225 g/mol. The van der Waals surface area contributed by atoms with Gasteiger partial charge in [-0.3, -0.25) is 4.98 Å². The van der Waals surface area contributed by atoms with E-state index in [1.165, 1.54) is 0 Å². The minimum absolute atomic E-state index is 0.266. The molecule has 0 radical (unpaired) electrons. The third-order valence-corrected chi connectivity index (χ3v) is 2.09. The lowest BCUT2D eigenvalue weighted by molar-refractivity contribution is 0.0693. The molecule has 0 saturated heterocycles. The maximum atomic E-state index is 13.2. The van der Waals surface area contributed by atoms with Crippen LogP contribution in [0.5, 0.6) is 5.75 Å². The molecule has 4 nitrogen and oxygen atoms in total. The van der Waals surface area contributed by atoms with Crippen LogP contribution in [0.15, 0.2) is 18.3 Å². The minimum atomic E-state index is -1.42. The van der Waals surface area contributed by atoms with E-state index in [4.69, 9.17) is 5.11 Å². The van der Waals surface area contributed by atoms with E-state index in [2.05, 4.69) is 4.98 Å². The standard InChI is InChI=1S/C10H5F2NO3/c11-4-1-5-8(7(12)2-4)13-3-6(9(5)14)10(15)16/h1-3H,(H,13,14)(H,15,16). The normalized spacial score (nSPS) is 10.6. The minimum Gasteiger partial charge on any atom is -0.506 e. The predicted octanol–water partition coefficient (Wildman–Crippen LogP) is 1.92. The third kappa shape index (κ3) is 1.44. The molecule has 1 aromatic carbocycles. The first kappa shape index (κ1) is 10.3. The zero-order valence-electron chi connectivity index (χ0n) is 7.74. The average molecular weight is 225 g/mol. The number of rotatable bonds is 1. The number of hydrogen-bond acceptors (Lipinski definition) is 3. The second kappa shape index (κ2) is 3.41. The largest absolute Gasteiger partial charge is 0.506 e. The Morgan fingerprint density at radius 1 is 1.31 bits per heavy atom. The number of aromatic carboxylic acids is 1. The summed E-state index contributed by atoms with van der Waals surface area (Å²) in [4.78, 5) is 14.2. The van der Waals surface area contributed by atoms with Crippen LogP contribution in [0.4, 0.5) is 8.78 Å². The molecule has 0 aliphatic heterocycles. The molecule has 16 heavy (non-hydrogen) atoms. The Morgan fingerprint density at radius 2 is 2.00 bits per heavy atom. The molecule has 0 unspecified atom stereocenters. The van der Waals surface area contributed by atoms with E-state index in [1.54, 1.807) is 0 Å². The van der Waals surface area contributed by atoms with Gasteiger partial charge >= 0.3 is 5.97 Å². The lowest BCUT2D eigenvalue weighted by atomic mass is 10.1. The van der Waals surface area contributed by atoms with Crippen LogP contribution in [-0.4, -0.2) is 21.2 Å². The second-order valence-corrected chi connectivity index (χ2v) is 3.11. The van der Waals surface area contributed by atoms with Gasteiger partial charge in [0, 0.05) is 17.6 Å². The lowest BCUT2D eigenvalue weighted by Crippen LogP contribution is -1.99. The first-order valence-corrected chi connectivity index (χ1v) is 4.20. The summed E-state index contributed by atoms with van der Waals surface area (Å²) >= 11 is 0. The van der Waals surface area contributed by atoms with E-state index < -0.39 is 28.9 Å². The van der Waals surface area contributed by atoms with E-state index in [-0.39, 0.29) is 10.9 Å². The molecule has 0 amide bonds. The highest BCUT2D eigenvalue weighted by Crippen LogP contribution is 2.29. The van der Waals surface area contributed by atoms with Gasteiger partial charge in [-0.15, -0.1) is 0 Å². The maximum Gasteiger partial charge on any atom is 0.341 e. The van der Waals surface area contributed by atoms with E-state index in [1.807, 2.05) is 0 Å². The van der Waals surface area contributed by atoms with Crippen LogP contribution in [0.25, 0.3) is 10.9 Å².